The number of piperazine rings is 1. The first kappa shape index (κ1) is 18.6. The molecule has 8 heteroatoms. The van der Waals surface area contributed by atoms with E-state index in [4.69, 9.17) is 4.52 Å². The van der Waals surface area contributed by atoms with Crippen LogP contribution in [0.5, 0.6) is 0 Å². The Hall–Kier alpha value is -2.19. The maximum atomic E-state index is 13.1. The van der Waals surface area contributed by atoms with Gasteiger partial charge in [-0.15, -0.1) is 0 Å². The maximum absolute atomic E-state index is 13.1. The zero-order chi connectivity index (χ0) is 19.1. The Morgan fingerprint density at radius 3 is 2.08 bits per heavy atom. The Labute approximate surface area is 153 Å². The lowest BCUT2D eigenvalue weighted by atomic mass is 10.1. The van der Waals surface area contributed by atoms with Gasteiger partial charge in [0.1, 0.15) is 0 Å². The highest BCUT2D eigenvalue weighted by Gasteiger charge is 2.33. The van der Waals surface area contributed by atoms with E-state index < -0.39 is 10.0 Å². The number of hydrogen-bond acceptors (Lipinski definition) is 5. The number of rotatable bonds is 3. The molecule has 0 spiro atoms. The third-order valence-electron chi connectivity index (χ3n) is 4.57. The van der Waals surface area contributed by atoms with Gasteiger partial charge in [0, 0.05) is 32.2 Å². The van der Waals surface area contributed by atoms with Crippen LogP contribution in [0.1, 0.15) is 32.9 Å². The predicted octanol–water partition coefficient (Wildman–Crippen LogP) is 2.05. The first-order chi connectivity index (χ1) is 12.2. The standard InChI is InChI=1S/C18H23N3O4S/c1-12-9-13(2)17(14(3)10-12)26(23,24)21-7-5-20(6-8-21)18(22)16-11-15(4)19-25-16/h9-11H,5-8H2,1-4H3. The molecule has 0 radical (unpaired) electrons. The average Bonchev–Trinajstić information content (AvgIpc) is 2.99. The second-order valence-corrected chi connectivity index (χ2v) is 8.63. The van der Waals surface area contributed by atoms with Crippen molar-refractivity contribution >= 4 is 15.9 Å². The van der Waals surface area contributed by atoms with Crippen LogP contribution in [0, 0.1) is 27.7 Å². The molecule has 1 aliphatic heterocycles. The van der Waals surface area contributed by atoms with E-state index >= 15 is 0 Å². The van der Waals surface area contributed by atoms with Gasteiger partial charge in [0.15, 0.2) is 0 Å². The van der Waals surface area contributed by atoms with Gasteiger partial charge in [-0.2, -0.15) is 4.31 Å². The molecular formula is C18H23N3O4S. The summed E-state index contributed by atoms with van der Waals surface area (Å²) in [5.74, 6) is -0.0747. The summed E-state index contributed by atoms with van der Waals surface area (Å²) in [5, 5.41) is 3.72. The summed E-state index contributed by atoms with van der Waals surface area (Å²) in [5.41, 5.74) is 3.17. The van der Waals surface area contributed by atoms with Crippen LogP contribution in [-0.4, -0.2) is 54.9 Å². The lowest BCUT2D eigenvalue weighted by Crippen LogP contribution is -2.50. The van der Waals surface area contributed by atoms with Crippen LogP contribution < -0.4 is 0 Å². The van der Waals surface area contributed by atoms with Gasteiger partial charge in [-0.3, -0.25) is 4.79 Å². The quantitative estimate of drug-likeness (QED) is 0.817. The molecule has 1 aromatic heterocycles. The highest BCUT2D eigenvalue weighted by atomic mass is 32.2. The molecule has 0 N–H and O–H groups in total. The number of aromatic nitrogens is 1. The third kappa shape index (κ3) is 3.39. The minimum atomic E-state index is -3.59. The topological polar surface area (TPSA) is 83.7 Å². The van der Waals surface area contributed by atoms with Crippen molar-refractivity contribution in [3.05, 3.63) is 46.3 Å². The maximum Gasteiger partial charge on any atom is 0.292 e. The minimum absolute atomic E-state index is 0.184. The molecule has 0 unspecified atom stereocenters. The highest BCUT2D eigenvalue weighted by molar-refractivity contribution is 7.89. The number of carbonyl (C=O) groups excluding carboxylic acids is 1. The molecule has 0 saturated carbocycles. The second-order valence-electron chi connectivity index (χ2n) is 6.76. The van der Waals surface area contributed by atoms with Crippen molar-refractivity contribution in [2.45, 2.75) is 32.6 Å². The van der Waals surface area contributed by atoms with E-state index in [9.17, 15) is 13.2 Å². The molecule has 1 saturated heterocycles. The van der Waals surface area contributed by atoms with Gasteiger partial charge in [-0.1, -0.05) is 22.9 Å². The van der Waals surface area contributed by atoms with E-state index in [0.717, 1.165) is 16.7 Å². The lowest BCUT2D eigenvalue weighted by molar-refractivity contribution is 0.0656. The Kier molecular flexibility index (Phi) is 4.90. The number of carbonyl (C=O) groups is 1. The molecule has 1 fully saturated rings. The lowest BCUT2D eigenvalue weighted by Gasteiger charge is -2.34. The van der Waals surface area contributed by atoms with E-state index in [1.165, 1.54) is 4.31 Å². The van der Waals surface area contributed by atoms with Crippen LogP contribution in [0.3, 0.4) is 0 Å². The molecule has 2 heterocycles. The fourth-order valence-electron chi connectivity index (χ4n) is 3.45. The van der Waals surface area contributed by atoms with Crippen LogP contribution in [0.2, 0.25) is 0 Å². The van der Waals surface area contributed by atoms with Gasteiger partial charge in [0.2, 0.25) is 15.8 Å². The molecule has 2 aromatic rings. The van der Waals surface area contributed by atoms with Crippen LogP contribution >= 0.6 is 0 Å². The van der Waals surface area contributed by atoms with Crippen LogP contribution in [0.25, 0.3) is 0 Å². The van der Waals surface area contributed by atoms with E-state index in [1.54, 1.807) is 17.9 Å². The van der Waals surface area contributed by atoms with Gasteiger partial charge in [-0.05, 0) is 38.8 Å². The Morgan fingerprint density at radius 1 is 1.00 bits per heavy atom. The second kappa shape index (κ2) is 6.85. The largest absolute Gasteiger partial charge is 0.351 e. The summed E-state index contributed by atoms with van der Waals surface area (Å²) in [6, 6.07) is 5.35. The molecule has 1 aliphatic rings. The molecule has 7 nitrogen and oxygen atoms in total. The summed E-state index contributed by atoms with van der Waals surface area (Å²) in [6.07, 6.45) is 0. The van der Waals surface area contributed by atoms with Crippen molar-refractivity contribution in [3.63, 3.8) is 0 Å². The van der Waals surface area contributed by atoms with Crippen molar-refractivity contribution in [2.24, 2.45) is 0 Å². The summed E-state index contributed by atoms with van der Waals surface area (Å²) in [7, 11) is -3.59. The first-order valence-corrected chi connectivity index (χ1v) is 9.95. The van der Waals surface area contributed by atoms with Gasteiger partial charge in [-0.25, -0.2) is 8.42 Å². The van der Waals surface area contributed by atoms with E-state index in [0.29, 0.717) is 23.7 Å². The van der Waals surface area contributed by atoms with E-state index in [2.05, 4.69) is 5.16 Å². The van der Waals surface area contributed by atoms with Crippen molar-refractivity contribution in [1.82, 2.24) is 14.4 Å². The van der Waals surface area contributed by atoms with Crippen LogP contribution in [0.4, 0.5) is 0 Å². The SMILES string of the molecule is Cc1cc(C)c(S(=O)(=O)N2CCN(C(=O)c3cc(C)no3)CC2)c(C)c1. The van der Waals surface area contributed by atoms with Gasteiger partial charge >= 0.3 is 0 Å². The summed E-state index contributed by atoms with van der Waals surface area (Å²) in [6.45, 7) is 8.49. The fourth-order valence-corrected chi connectivity index (χ4v) is 5.29. The predicted molar refractivity (Wildman–Crippen MR) is 96.6 cm³/mol. The summed E-state index contributed by atoms with van der Waals surface area (Å²) >= 11 is 0. The van der Waals surface area contributed by atoms with Crippen molar-refractivity contribution in [1.29, 1.82) is 0 Å². The van der Waals surface area contributed by atoms with E-state index in [1.807, 2.05) is 32.9 Å². The molecular weight excluding hydrogens is 354 g/mol. The molecule has 0 aliphatic carbocycles. The Morgan fingerprint density at radius 2 is 1.58 bits per heavy atom. The van der Waals surface area contributed by atoms with E-state index in [-0.39, 0.29) is 24.8 Å². The molecule has 0 atom stereocenters. The number of aryl methyl sites for hydroxylation is 4. The smallest absolute Gasteiger partial charge is 0.292 e. The van der Waals surface area contributed by atoms with Crippen molar-refractivity contribution in [3.8, 4) is 0 Å². The minimum Gasteiger partial charge on any atom is -0.351 e. The van der Waals surface area contributed by atoms with Gasteiger partial charge < -0.3 is 9.42 Å². The van der Waals surface area contributed by atoms with Gasteiger partial charge in [0.05, 0.1) is 10.6 Å². The number of nitrogens with zero attached hydrogens (tertiary/aromatic N) is 3. The molecule has 0 bridgehead atoms. The highest BCUT2D eigenvalue weighted by Crippen LogP contribution is 2.26. The van der Waals surface area contributed by atoms with Crippen molar-refractivity contribution in [2.75, 3.05) is 26.2 Å². The number of amides is 1. The fraction of sp³-hybridized carbons (Fsp3) is 0.444. The number of sulfonamides is 1. The summed E-state index contributed by atoms with van der Waals surface area (Å²) in [4.78, 5) is 14.4. The molecule has 1 aromatic carbocycles. The average molecular weight is 377 g/mol. The molecule has 26 heavy (non-hydrogen) atoms. The first-order valence-electron chi connectivity index (χ1n) is 8.51. The van der Waals surface area contributed by atoms with Crippen molar-refractivity contribution < 1.29 is 17.7 Å². The zero-order valence-corrected chi connectivity index (χ0v) is 16.3. The van der Waals surface area contributed by atoms with Crippen LogP contribution in [-0.2, 0) is 10.0 Å². The van der Waals surface area contributed by atoms with Gasteiger partial charge in [0.25, 0.3) is 5.91 Å². The molecule has 140 valence electrons. The normalized spacial score (nSPS) is 16.1. The number of hydrogen-bond donors (Lipinski definition) is 0. The Balaban J connectivity index is 1.76. The van der Waals surface area contributed by atoms with Crippen LogP contribution in [0.15, 0.2) is 27.6 Å². The monoisotopic (exact) mass is 377 g/mol. The summed E-state index contributed by atoms with van der Waals surface area (Å²) < 4.78 is 32.6. The number of benzene rings is 1. The third-order valence-corrected chi connectivity index (χ3v) is 6.77. The molecule has 1 amide bonds. The Bertz CT molecular complexity index is 918. The molecule has 3 rings (SSSR count). The zero-order valence-electron chi connectivity index (χ0n) is 15.4.